The Labute approximate surface area is 142 Å². The van der Waals surface area contributed by atoms with Gasteiger partial charge in [-0.3, -0.25) is 0 Å². The molecule has 0 aliphatic carbocycles. The van der Waals surface area contributed by atoms with Crippen molar-refractivity contribution in [3.8, 4) is 6.07 Å². The van der Waals surface area contributed by atoms with Crippen LogP contribution < -0.4 is 4.72 Å². The highest BCUT2D eigenvalue weighted by molar-refractivity contribution is 7.89. The molecule has 0 radical (unpaired) electrons. The van der Waals surface area contributed by atoms with Crippen molar-refractivity contribution in [3.63, 3.8) is 0 Å². The summed E-state index contributed by atoms with van der Waals surface area (Å²) in [7, 11) is -3.63. The summed E-state index contributed by atoms with van der Waals surface area (Å²) in [5.41, 5.74) is 1.76. The van der Waals surface area contributed by atoms with Crippen molar-refractivity contribution in [2.45, 2.75) is 23.7 Å². The van der Waals surface area contributed by atoms with Gasteiger partial charge in [-0.25, -0.2) is 13.1 Å². The van der Waals surface area contributed by atoms with E-state index in [1.54, 1.807) is 12.1 Å². The number of nitriles is 1. The molecule has 6 heteroatoms. The van der Waals surface area contributed by atoms with Crippen LogP contribution in [0.5, 0.6) is 0 Å². The van der Waals surface area contributed by atoms with Crippen LogP contribution in [0.25, 0.3) is 0 Å². The van der Waals surface area contributed by atoms with Gasteiger partial charge in [0.2, 0.25) is 10.0 Å². The maximum Gasteiger partial charge on any atom is 0.240 e. The molecular weight excluding hydrogens is 324 g/mol. The Morgan fingerprint density at radius 3 is 2.33 bits per heavy atom. The van der Waals surface area contributed by atoms with Crippen LogP contribution >= 0.6 is 0 Å². The highest BCUT2D eigenvalue weighted by atomic mass is 32.2. The number of nitrogens with zero attached hydrogens (tertiary/aromatic N) is 1. The van der Waals surface area contributed by atoms with Gasteiger partial charge >= 0.3 is 0 Å². The number of sulfonamides is 1. The summed E-state index contributed by atoms with van der Waals surface area (Å²) in [4.78, 5) is 0.167. The van der Waals surface area contributed by atoms with Crippen LogP contribution in [0.2, 0.25) is 0 Å². The Morgan fingerprint density at radius 2 is 1.75 bits per heavy atom. The van der Waals surface area contributed by atoms with Gasteiger partial charge in [-0.15, -0.1) is 0 Å². The van der Waals surface area contributed by atoms with Crippen LogP contribution in [0.15, 0.2) is 59.5 Å². The third-order valence-corrected chi connectivity index (χ3v) is 5.22. The second-order valence-corrected chi connectivity index (χ2v) is 7.22. The van der Waals surface area contributed by atoms with Crippen molar-refractivity contribution in [1.82, 2.24) is 4.72 Å². The van der Waals surface area contributed by atoms with Gasteiger partial charge in [-0.1, -0.05) is 42.5 Å². The summed E-state index contributed by atoms with van der Waals surface area (Å²) in [5, 5.41) is 17.9. The number of benzene rings is 2. The fraction of sp³-hybridized carbons (Fsp3) is 0.278. The Morgan fingerprint density at radius 1 is 1.08 bits per heavy atom. The SMILES string of the molecule is N#CCc1ccc(S(=O)(=O)NCC(CCO)c2ccccc2)cc1. The Balaban J connectivity index is 2.08. The van der Waals surface area contributed by atoms with Gasteiger partial charge in [0, 0.05) is 13.2 Å². The number of rotatable bonds is 8. The lowest BCUT2D eigenvalue weighted by Crippen LogP contribution is -2.29. The van der Waals surface area contributed by atoms with Crippen molar-refractivity contribution in [3.05, 3.63) is 65.7 Å². The summed E-state index contributed by atoms with van der Waals surface area (Å²) in [6, 6.07) is 17.8. The van der Waals surface area contributed by atoms with Gasteiger partial charge in [0.15, 0.2) is 0 Å². The number of hydrogen-bond donors (Lipinski definition) is 2. The second-order valence-electron chi connectivity index (χ2n) is 5.45. The highest BCUT2D eigenvalue weighted by Crippen LogP contribution is 2.19. The molecule has 1 atom stereocenters. The van der Waals surface area contributed by atoms with E-state index < -0.39 is 10.0 Å². The molecule has 0 fully saturated rings. The van der Waals surface area contributed by atoms with Crippen LogP contribution in [0, 0.1) is 11.3 Å². The molecule has 24 heavy (non-hydrogen) atoms. The molecule has 0 saturated heterocycles. The molecule has 0 heterocycles. The molecular formula is C18H20N2O3S. The summed E-state index contributed by atoms with van der Waals surface area (Å²) in [6.07, 6.45) is 0.730. The van der Waals surface area contributed by atoms with Crippen molar-refractivity contribution < 1.29 is 13.5 Å². The molecule has 0 bridgehead atoms. The first-order chi connectivity index (χ1) is 11.6. The monoisotopic (exact) mass is 344 g/mol. The highest BCUT2D eigenvalue weighted by Gasteiger charge is 2.18. The van der Waals surface area contributed by atoms with Crippen molar-refractivity contribution in [2.75, 3.05) is 13.2 Å². The molecule has 2 rings (SSSR count). The third-order valence-electron chi connectivity index (χ3n) is 3.79. The third kappa shape index (κ3) is 4.90. The largest absolute Gasteiger partial charge is 0.396 e. The molecule has 0 saturated carbocycles. The fourth-order valence-corrected chi connectivity index (χ4v) is 3.52. The van der Waals surface area contributed by atoms with Crippen LogP contribution in [-0.2, 0) is 16.4 Å². The number of hydrogen-bond acceptors (Lipinski definition) is 4. The minimum atomic E-state index is -3.63. The first kappa shape index (κ1) is 18.1. The molecule has 0 aliphatic rings. The van der Waals surface area contributed by atoms with Crippen LogP contribution in [0.1, 0.15) is 23.5 Å². The predicted octanol–water partition coefficient (Wildman–Crippen LogP) is 2.20. The summed E-state index contributed by atoms with van der Waals surface area (Å²) in [6.45, 7) is 0.205. The molecule has 0 aromatic heterocycles. The smallest absolute Gasteiger partial charge is 0.240 e. The molecule has 1 unspecified atom stereocenters. The van der Waals surface area contributed by atoms with Crippen LogP contribution in [0.4, 0.5) is 0 Å². The minimum Gasteiger partial charge on any atom is -0.396 e. The first-order valence-electron chi connectivity index (χ1n) is 7.68. The maximum absolute atomic E-state index is 12.4. The second kappa shape index (κ2) is 8.60. The molecule has 5 nitrogen and oxygen atoms in total. The number of nitrogens with one attached hydrogen (secondary N) is 1. The quantitative estimate of drug-likeness (QED) is 0.768. The number of aliphatic hydroxyl groups is 1. The van der Waals surface area contributed by atoms with Gasteiger partial charge in [0.1, 0.15) is 0 Å². The Bertz CT molecular complexity index is 781. The van der Waals surface area contributed by atoms with E-state index in [1.165, 1.54) is 12.1 Å². The Kier molecular flexibility index (Phi) is 6.50. The van der Waals surface area contributed by atoms with E-state index in [0.717, 1.165) is 11.1 Å². The molecule has 2 aromatic carbocycles. The molecule has 0 aliphatic heterocycles. The molecule has 0 spiro atoms. The van der Waals surface area contributed by atoms with Gasteiger partial charge in [0.25, 0.3) is 0 Å². The number of aliphatic hydroxyl groups excluding tert-OH is 1. The first-order valence-corrected chi connectivity index (χ1v) is 9.16. The standard InChI is InChI=1S/C18H20N2O3S/c19-12-10-15-6-8-18(9-7-15)24(22,23)20-14-17(11-13-21)16-4-2-1-3-5-16/h1-9,17,20-21H,10-11,13-14H2. The van der Waals surface area contributed by atoms with Gasteiger partial charge in [-0.2, -0.15) is 5.26 Å². The molecule has 2 aromatic rings. The lowest BCUT2D eigenvalue weighted by molar-refractivity contribution is 0.275. The van der Waals surface area contributed by atoms with Gasteiger partial charge < -0.3 is 5.11 Å². The Hall–Kier alpha value is -2.20. The normalized spacial score (nSPS) is 12.5. The molecule has 0 amide bonds. The van der Waals surface area contributed by atoms with Gasteiger partial charge in [-0.05, 0) is 35.6 Å². The summed E-state index contributed by atoms with van der Waals surface area (Å²) in [5.74, 6) is -0.0937. The van der Waals surface area contributed by atoms with E-state index in [1.807, 2.05) is 36.4 Å². The minimum absolute atomic E-state index is 0.00978. The topological polar surface area (TPSA) is 90.2 Å². The van der Waals surface area contributed by atoms with E-state index in [0.29, 0.717) is 6.42 Å². The van der Waals surface area contributed by atoms with Crippen molar-refractivity contribution >= 4 is 10.0 Å². The molecule has 2 N–H and O–H groups in total. The predicted molar refractivity (Wildman–Crippen MR) is 91.8 cm³/mol. The molecule has 126 valence electrons. The lowest BCUT2D eigenvalue weighted by Gasteiger charge is -2.17. The van der Waals surface area contributed by atoms with Crippen LogP contribution in [0.3, 0.4) is 0 Å². The van der Waals surface area contributed by atoms with E-state index >= 15 is 0 Å². The summed E-state index contributed by atoms with van der Waals surface area (Å²) >= 11 is 0. The zero-order chi connectivity index (χ0) is 17.4. The lowest BCUT2D eigenvalue weighted by atomic mass is 9.96. The maximum atomic E-state index is 12.4. The van der Waals surface area contributed by atoms with E-state index in [-0.39, 0.29) is 30.4 Å². The summed E-state index contributed by atoms with van der Waals surface area (Å²) < 4.78 is 27.4. The zero-order valence-electron chi connectivity index (χ0n) is 13.2. The average Bonchev–Trinajstić information content (AvgIpc) is 2.60. The van der Waals surface area contributed by atoms with E-state index in [4.69, 9.17) is 5.26 Å². The average molecular weight is 344 g/mol. The van der Waals surface area contributed by atoms with Gasteiger partial charge in [0.05, 0.1) is 17.4 Å². The zero-order valence-corrected chi connectivity index (χ0v) is 14.0. The van der Waals surface area contributed by atoms with E-state index in [9.17, 15) is 13.5 Å². The fourth-order valence-electron chi connectivity index (χ4n) is 2.44. The van der Waals surface area contributed by atoms with Crippen molar-refractivity contribution in [1.29, 1.82) is 5.26 Å². The van der Waals surface area contributed by atoms with Crippen LogP contribution in [-0.4, -0.2) is 26.7 Å². The van der Waals surface area contributed by atoms with E-state index in [2.05, 4.69) is 4.72 Å². The van der Waals surface area contributed by atoms with Crippen molar-refractivity contribution in [2.24, 2.45) is 0 Å².